The van der Waals surface area contributed by atoms with E-state index < -0.39 is 90.4 Å². The molecule has 2 aliphatic heterocycles. The highest BCUT2D eigenvalue weighted by Gasteiger charge is 2.51. The Hall–Kier alpha value is -2.17. The van der Waals surface area contributed by atoms with E-state index in [2.05, 4.69) is 10.6 Å². The van der Waals surface area contributed by atoms with Crippen LogP contribution < -0.4 is 10.6 Å². The van der Waals surface area contributed by atoms with E-state index in [-0.39, 0.29) is 49.8 Å². The zero-order valence-corrected chi connectivity index (χ0v) is 42.8. The van der Waals surface area contributed by atoms with Gasteiger partial charge in [-0.05, 0) is 131 Å². The van der Waals surface area contributed by atoms with E-state index in [9.17, 15) is 34.7 Å². The molecular weight excluding hydrogens is 876 g/mol. The van der Waals surface area contributed by atoms with E-state index in [1.807, 2.05) is 51.6 Å². The molecule has 1 aromatic carbocycles. The predicted molar refractivity (Wildman–Crippen MR) is 255 cm³/mol. The lowest BCUT2D eigenvalue weighted by molar-refractivity contribution is -0.306. The van der Waals surface area contributed by atoms with Gasteiger partial charge in [0.2, 0.25) is 0 Å². The molecule has 0 spiro atoms. The largest absolute Gasteiger partial charge is 0.459 e. The van der Waals surface area contributed by atoms with Gasteiger partial charge in [0, 0.05) is 56.9 Å². The van der Waals surface area contributed by atoms with Crippen molar-refractivity contribution in [3.8, 4) is 0 Å². The fourth-order valence-electron chi connectivity index (χ4n) is 9.42. The van der Waals surface area contributed by atoms with Gasteiger partial charge in [0.1, 0.15) is 29.7 Å². The number of cyclic esters (lactones) is 1. The van der Waals surface area contributed by atoms with Crippen molar-refractivity contribution in [2.24, 2.45) is 17.8 Å². The molecule has 3 rings (SSSR count). The van der Waals surface area contributed by atoms with E-state index >= 15 is 0 Å². The van der Waals surface area contributed by atoms with Gasteiger partial charge in [0.25, 0.3) is 0 Å². The maximum absolute atomic E-state index is 14.5. The molecular formula is C48H85FN4O12S. The van der Waals surface area contributed by atoms with Crippen LogP contribution in [0.1, 0.15) is 107 Å². The van der Waals surface area contributed by atoms with Crippen molar-refractivity contribution in [1.82, 2.24) is 15.1 Å². The molecule has 2 aliphatic rings. The normalized spacial score (nSPS) is 35.9. The summed E-state index contributed by atoms with van der Waals surface area (Å²) in [6, 6.07) is 3.43. The van der Waals surface area contributed by atoms with E-state index in [0.29, 0.717) is 43.3 Å². The highest BCUT2D eigenvalue weighted by molar-refractivity contribution is 7.80. The molecule has 0 bridgehead atoms. The van der Waals surface area contributed by atoms with Gasteiger partial charge in [-0.1, -0.05) is 26.8 Å². The molecule has 0 saturated carbocycles. The lowest BCUT2D eigenvalue weighted by atomic mass is 9.77. The average molecular weight is 961 g/mol. The van der Waals surface area contributed by atoms with Gasteiger partial charge in [-0.25, -0.2) is 4.39 Å². The van der Waals surface area contributed by atoms with Crippen LogP contribution >= 0.6 is 12.2 Å². The van der Waals surface area contributed by atoms with Crippen molar-refractivity contribution in [3.63, 3.8) is 0 Å². The standard InChI is InChI=1S/C48H85FN4O12S/c1-15-38-48(11,59)42(56)32(7)53(21-16-20-50-46(66)51-36-24-35(49)18-17-28(36)3)26-27(2)25-47(10,58)43(65-45-40(55)37(52(12)13)23-29(4)61-45)30(5)41(31(6)44(57)63-38)64-39(19-22-60-14)62-34(9)33(8)54/h17-18,24,27,29-34,37-43,45,54-56,58-59H,15-16,19-23,25-26H2,1-14H3,(H2,50,51,66)/t27-,29-,30+,31-,32-,33-,34+,37+,38-,39+,40-,41+,42-,43-,45+,47-,48-/m1/s1. The number of esters is 1. The van der Waals surface area contributed by atoms with Crippen LogP contribution in [0.15, 0.2) is 18.2 Å². The minimum absolute atomic E-state index is 0.151. The quantitative estimate of drug-likeness (QED) is 0.0502. The molecule has 0 amide bonds. The van der Waals surface area contributed by atoms with Gasteiger partial charge in [0.15, 0.2) is 17.7 Å². The van der Waals surface area contributed by atoms with Gasteiger partial charge in [-0.15, -0.1) is 0 Å². The number of carbonyl (C=O) groups excluding carboxylic acids is 1. The molecule has 2 fully saturated rings. The van der Waals surface area contributed by atoms with Crippen LogP contribution in [-0.2, 0) is 33.2 Å². The molecule has 7 N–H and O–H groups in total. The Balaban J connectivity index is 2.11. The van der Waals surface area contributed by atoms with Crippen LogP contribution in [0.3, 0.4) is 0 Å². The van der Waals surface area contributed by atoms with Crippen molar-refractivity contribution in [2.75, 3.05) is 52.8 Å². The summed E-state index contributed by atoms with van der Waals surface area (Å²) in [7, 11) is 5.29. The zero-order valence-electron chi connectivity index (χ0n) is 42.0. The van der Waals surface area contributed by atoms with Crippen molar-refractivity contribution in [1.29, 1.82) is 0 Å². The fraction of sp³-hybridized carbons (Fsp3) is 0.833. The van der Waals surface area contributed by atoms with E-state index in [1.165, 1.54) is 26.2 Å². The Kier molecular flexibility index (Phi) is 23.0. The molecule has 18 heteroatoms. The summed E-state index contributed by atoms with van der Waals surface area (Å²) in [4.78, 5) is 18.5. The highest BCUT2D eigenvalue weighted by atomic mass is 32.1. The summed E-state index contributed by atoms with van der Waals surface area (Å²) in [5, 5.41) is 65.8. The molecule has 0 unspecified atom stereocenters. The maximum Gasteiger partial charge on any atom is 0.311 e. The van der Waals surface area contributed by atoms with Crippen LogP contribution in [-0.4, -0.2) is 179 Å². The van der Waals surface area contributed by atoms with E-state index in [0.717, 1.165) is 5.56 Å². The molecule has 66 heavy (non-hydrogen) atoms. The number of likely N-dealkylation sites (N-methyl/N-ethyl adjacent to an activating group) is 1. The van der Waals surface area contributed by atoms with Gasteiger partial charge in [-0.3, -0.25) is 9.69 Å². The van der Waals surface area contributed by atoms with Crippen molar-refractivity contribution >= 4 is 29.0 Å². The number of rotatable bonds is 17. The van der Waals surface area contributed by atoms with Crippen LogP contribution in [0.5, 0.6) is 0 Å². The van der Waals surface area contributed by atoms with Crippen LogP contribution in [0.2, 0.25) is 0 Å². The number of ether oxygens (including phenoxy) is 6. The van der Waals surface area contributed by atoms with E-state index in [4.69, 9.17) is 40.6 Å². The predicted octanol–water partition coefficient (Wildman–Crippen LogP) is 4.34. The van der Waals surface area contributed by atoms with Gasteiger partial charge in [-0.2, -0.15) is 0 Å². The Morgan fingerprint density at radius 1 is 1.12 bits per heavy atom. The number of carbonyl (C=O) groups is 1. The average Bonchev–Trinajstić information content (AvgIpc) is 3.24. The molecule has 2 saturated heterocycles. The smallest absolute Gasteiger partial charge is 0.311 e. The number of halogens is 1. The number of nitrogens with zero attached hydrogens (tertiary/aromatic N) is 2. The van der Waals surface area contributed by atoms with E-state index in [1.54, 1.807) is 47.6 Å². The van der Waals surface area contributed by atoms with Crippen LogP contribution in [0, 0.1) is 30.5 Å². The molecule has 0 aromatic heterocycles. The number of nitrogens with one attached hydrogen (secondary N) is 2. The molecule has 2 heterocycles. The van der Waals surface area contributed by atoms with Crippen LogP contribution in [0.25, 0.3) is 0 Å². The fourth-order valence-corrected chi connectivity index (χ4v) is 9.63. The number of hydrogen-bond acceptors (Lipinski definition) is 15. The summed E-state index contributed by atoms with van der Waals surface area (Å²) in [6.45, 7) is 20.6. The number of methoxy groups -OCH3 is 1. The first-order valence-electron chi connectivity index (χ1n) is 23.8. The number of hydrogen-bond donors (Lipinski definition) is 7. The molecule has 0 aliphatic carbocycles. The third kappa shape index (κ3) is 16.2. The Bertz CT molecular complexity index is 1650. The monoisotopic (exact) mass is 961 g/mol. The first kappa shape index (κ1) is 58.1. The van der Waals surface area contributed by atoms with Gasteiger partial charge >= 0.3 is 5.97 Å². The number of anilines is 1. The molecule has 0 radical (unpaired) electrons. The second kappa shape index (κ2) is 26.2. The molecule has 17 atom stereocenters. The lowest BCUT2D eigenvalue weighted by Gasteiger charge is -2.47. The minimum atomic E-state index is -1.91. The number of aliphatic hydroxyl groups is 5. The Labute approximate surface area is 399 Å². The summed E-state index contributed by atoms with van der Waals surface area (Å²) in [6.07, 6.45) is -8.22. The lowest BCUT2D eigenvalue weighted by Crippen LogP contribution is -2.59. The topological polar surface area (TPSA) is 204 Å². The van der Waals surface area contributed by atoms with Crippen molar-refractivity contribution in [2.45, 2.75) is 193 Å². The summed E-state index contributed by atoms with van der Waals surface area (Å²) in [5.41, 5.74) is -2.19. The maximum atomic E-state index is 14.5. The van der Waals surface area contributed by atoms with Crippen LogP contribution in [0.4, 0.5) is 10.1 Å². The zero-order chi connectivity index (χ0) is 49.8. The molecule has 1 aromatic rings. The third-order valence-electron chi connectivity index (χ3n) is 13.5. The third-order valence-corrected chi connectivity index (χ3v) is 13.8. The molecule has 16 nitrogen and oxygen atoms in total. The first-order chi connectivity index (χ1) is 30.7. The second-order valence-corrected chi connectivity index (χ2v) is 20.2. The first-order valence-corrected chi connectivity index (χ1v) is 24.2. The minimum Gasteiger partial charge on any atom is -0.459 e. The number of benzene rings is 1. The SMILES string of the molecule is CC[C@H]1OC(=O)[C@H](C)[C@@H](O[C@@H](CCOC)O[C@@H](C)[C@@H](C)O)[C@H](C)[C@@H](O[C@@H]2O[C@H](C)C[C@H](N(C)C)[C@H]2O)[C@](C)(O)C[C@@H](C)CN(CCCNC(=S)Nc2cc(F)ccc2C)[C@H](C)[C@@H](O)[C@]1(C)O. The Morgan fingerprint density at radius 3 is 2.39 bits per heavy atom. The summed E-state index contributed by atoms with van der Waals surface area (Å²) >= 11 is 5.52. The van der Waals surface area contributed by atoms with Gasteiger partial charge in [0.05, 0.1) is 48.6 Å². The number of aryl methyl sites for hydroxylation is 1. The van der Waals surface area contributed by atoms with Gasteiger partial charge < -0.3 is 69.5 Å². The Morgan fingerprint density at radius 2 is 1.79 bits per heavy atom. The molecule has 382 valence electrons. The van der Waals surface area contributed by atoms with Crippen molar-refractivity contribution in [3.05, 3.63) is 29.6 Å². The second-order valence-electron chi connectivity index (χ2n) is 19.8. The number of aliphatic hydroxyl groups excluding tert-OH is 3. The number of thiocarbonyl (C=S) groups is 1. The summed E-state index contributed by atoms with van der Waals surface area (Å²) in [5.74, 6) is -3.27. The van der Waals surface area contributed by atoms with Crippen molar-refractivity contribution < 1.29 is 63.1 Å². The highest BCUT2D eigenvalue weighted by Crippen LogP contribution is 2.38. The summed E-state index contributed by atoms with van der Waals surface area (Å²) < 4.78 is 51.6.